The quantitative estimate of drug-likeness (QED) is 0.774. The molecule has 0 fully saturated rings. The van der Waals surface area contributed by atoms with E-state index in [0.29, 0.717) is 13.1 Å². The highest BCUT2D eigenvalue weighted by atomic mass is 16.6. The summed E-state index contributed by atoms with van der Waals surface area (Å²) in [7, 11) is 1.82. The smallest absolute Gasteiger partial charge is 0.410 e. The minimum atomic E-state index is -0.521. The number of nitrogens with one attached hydrogen (secondary N) is 2. The van der Waals surface area contributed by atoms with E-state index < -0.39 is 5.60 Å². The Morgan fingerprint density at radius 3 is 2.04 bits per heavy atom. The highest BCUT2D eigenvalue weighted by Gasteiger charge is 2.22. The second kappa shape index (κ2) is 8.53. The van der Waals surface area contributed by atoms with Crippen LogP contribution in [0.2, 0.25) is 0 Å². The van der Waals surface area contributed by atoms with Crippen LogP contribution in [0.5, 0.6) is 0 Å². The van der Waals surface area contributed by atoms with Crippen molar-refractivity contribution in [2.45, 2.75) is 39.5 Å². The van der Waals surface area contributed by atoms with Gasteiger partial charge in [0.05, 0.1) is 0 Å². The average Bonchev–Trinajstić information content (AvgIpc) is 2.55. The average molecular weight is 341 g/mol. The lowest BCUT2D eigenvalue weighted by Crippen LogP contribution is -2.36. The predicted octanol–water partition coefficient (Wildman–Crippen LogP) is 4.17. The summed E-state index contributed by atoms with van der Waals surface area (Å²) < 4.78 is 5.57. The summed E-state index contributed by atoms with van der Waals surface area (Å²) in [5.74, 6) is 0. The maximum absolute atomic E-state index is 12.6. The number of hydrazine groups is 1. The predicted molar refractivity (Wildman–Crippen MR) is 101 cm³/mol. The Bertz CT molecular complexity index is 664. The molecule has 1 amide bonds. The molecule has 2 aromatic rings. The van der Waals surface area contributed by atoms with Crippen LogP contribution in [0.25, 0.3) is 0 Å². The van der Waals surface area contributed by atoms with Crippen molar-refractivity contribution in [3.8, 4) is 0 Å². The summed E-state index contributed by atoms with van der Waals surface area (Å²) in [4.78, 5) is 14.3. The third-order valence-corrected chi connectivity index (χ3v) is 3.46. The number of carbonyl (C=O) groups is 1. The van der Waals surface area contributed by atoms with E-state index in [9.17, 15) is 4.79 Å². The van der Waals surface area contributed by atoms with E-state index in [1.807, 2.05) is 82.4 Å². The number of rotatable bonds is 6. The number of ether oxygens (including phenoxy) is 1. The standard InChI is InChI=1S/C20H27N3O2/c1-20(2,3)25-19(24)23(14-16-8-6-5-7-9-16)15-17-10-12-18(13-11-17)22-21-4/h5-13,21-22H,14-15H2,1-4H3. The van der Waals surface area contributed by atoms with Crippen LogP contribution in [-0.4, -0.2) is 23.6 Å². The Kier molecular flexibility index (Phi) is 6.42. The number of nitrogens with zero attached hydrogens (tertiary/aromatic N) is 1. The van der Waals surface area contributed by atoms with Gasteiger partial charge in [-0.15, -0.1) is 0 Å². The van der Waals surface area contributed by atoms with Crippen LogP contribution in [0.1, 0.15) is 31.9 Å². The van der Waals surface area contributed by atoms with Gasteiger partial charge < -0.3 is 10.2 Å². The largest absolute Gasteiger partial charge is 0.444 e. The van der Waals surface area contributed by atoms with E-state index >= 15 is 0 Å². The Morgan fingerprint density at radius 1 is 0.960 bits per heavy atom. The van der Waals surface area contributed by atoms with Gasteiger partial charge in [-0.1, -0.05) is 42.5 Å². The van der Waals surface area contributed by atoms with Crippen LogP contribution in [0.3, 0.4) is 0 Å². The van der Waals surface area contributed by atoms with E-state index in [2.05, 4.69) is 10.9 Å². The lowest BCUT2D eigenvalue weighted by Gasteiger charge is -2.27. The second-order valence-corrected chi connectivity index (χ2v) is 6.89. The molecule has 0 spiro atoms. The summed E-state index contributed by atoms with van der Waals surface area (Å²) >= 11 is 0. The van der Waals surface area contributed by atoms with E-state index in [1.165, 1.54) is 0 Å². The number of carbonyl (C=O) groups excluding carboxylic acids is 1. The third-order valence-electron chi connectivity index (χ3n) is 3.46. The number of benzene rings is 2. The molecular weight excluding hydrogens is 314 g/mol. The van der Waals surface area contributed by atoms with Crippen LogP contribution in [-0.2, 0) is 17.8 Å². The summed E-state index contributed by atoms with van der Waals surface area (Å²) in [6, 6.07) is 17.9. The normalized spacial score (nSPS) is 11.0. The molecule has 25 heavy (non-hydrogen) atoms. The number of hydrogen-bond acceptors (Lipinski definition) is 4. The molecule has 0 saturated carbocycles. The molecule has 2 aromatic carbocycles. The van der Waals surface area contributed by atoms with Crippen molar-refractivity contribution in [3.05, 3.63) is 65.7 Å². The van der Waals surface area contributed by atoms with E-state index in [0.717, 1.165) is 16.8 Å². The summed E-state index contributed by atoms with van der Waals surface area (Å²) in [5.41, 5.74) is 8.48. The maximum Gasteiger partial charge on any atom is 0.410 e. The molecule has 5 heteroatoms. The van der Waals surface area contributed by atoms with Gasteiger partial charge in [-0.2, -0.15) is 0 Å². The molecule has 134 valence electrons. The van der Waals surface area contributed by atoms with Crippen LogP contribution >= 0.6 is 0 Å². The lowest BCUT2D eigenvalue weighted by atomic mass is 10.1. The van der Waals surface area contributed by atoms with Gasteiger partial charge in [0.25, 0.3) is 0 Å². The van der Waals surface area contributed by atoms with Gasteiger partial charge in [0.1, 0.15) is 5.60 Å². The molecule has 0 aliphatic rings. The lowest BCUT2D eigenvalue weighted by molar-refractivity contribution is 0.0216. The van der Waals surface area contributed by atoms with Crippen molar-refractivity contribution in [3.63, 3.8) is 0 Å². The first-order valence-electron chi connectivity index (χ1n) is 8.41. The topological polar surface area (TPSA) is 53.6 Å². The summed E-state index contributed by atoms with van der Waals surface area (Å²) in [6.45, 7) is 6.63. The fraction of sp³-hybridized carbons (Fsp3) is 0.350. The number of hydrogen-bond donors (Lipinski definition) is 2. The molecule has 0 radical (unpaired) electrons. The van der Waals surface area contributed by atoms with Crippen molar-refractivity contribution >= 4 is 11.8 Å². The molecule has 0 atom stereocenters. The fourth-order valence-corrected chi connectivity index (χ4v) is 2.37. The summed E-state index contributed by atoms with van der Waals surface area (Å²) in [6.07, 6.45) is -0.311. The SMILES string of the molecule is CNNc1ccc(CN(Cc2ccccc2)C(=O)OC(C)(C)C)cc1. The van der Waals surface area contributed by atoms with Crippen molar-refractivity contribution < 1.29 is 9.53 Å². The van der Waals surface area contributed by atoms with E-state index in [1.54, 1.807) is 4.90 Å². The summed E-state index contributed by atoms with van der Waals surface area (Å²) in [5, 5.41) is 0. The van der Waals surface area contributed by atoms with Crippen molar-refractivity contribution in [2.24, 2.45) is 0 Å². The van der Waals surface area contributed by atoms with Gasteiger partial charge in [0, 0.05) is 25.8 Å². The van der Waals surface area contributed by atoms with Gasteiger partial charge >= 0.3 is 6.09 Å². The molecule has 5 nitrogen and oxygen atoms in total. The Balaban J connectivity index is 2.14. The number of anilines is 1. The maximum atomic E-state index is 12.6. The fourth-order valence-electron chi connectivity index (χ4n) is 2.37. The molecule has 0 aromatic heterocycles. The van der Waals surface area contributed by atoms with E-state index in [-0.39, 0.29) is 6.09 Å². The Morgan fingerprint density at radius 2 is 1.52 bits per heavy atom. The van der Waals surface area contributed by atoms with Gasteiger partial charge in [-0.3, -0.25) is 4.90 Å². The zero-order valence-electron chi connectivity index (χ0n) is 15.4. The first-order valence-corrected chi connectivity index (χ1v) is 8.41. The molecule has 2 rings (SSSR count). The van der Waals surface area contributed by atoms with Gasteiger partial charge in [-0.25, -0.2) is 10.2 Å². The zero-order chi connectivity index (χ0) is 18.3. The third kappa shape index (κ3) is 6.47. The zero-order valence-corrected chi connectivity index (χ0v) is 15.4. The van der Waals surface area contributed by atoms with E-state index in [4.69, 9.17) is 4.74 Å². The monoisotopic (exact) mass is 341 g/mol. The van der Waals surface area contributed by atoms with Crippen LogP contribution in [0.15, 0.2) is 54.6 Å². The Hall–Kier alpha value is -2.53. The molecule has 0 unspecified atom stereocenters. The molecule has 0 heterocycles. The first-order chi connectivity index (χ1) is 11.9. The van der Waals surface area contributed by atoms with Crippen molar-refractivity contribution in [1.82, 2.24) is 10.3 Å². The minimum absolute atomic E-state index is 0.311. The molecule has 0 aliphatic carbocycles. The van der Waals surface area contributed by atoms with Crippen LogP contribution in [0, 0.1) is 0 Å². The minimum Gasteiger partial charge on any atom is -0.444 e. The van der Waals surface area contributed by atoms with Gasteiger partial charge in [-0.05, 0) is 44.0 Å². The highest BCUT2D eigenvalue weighted by Crippen LogP contribution is 2.17. The van der Waals surface area contributed by atoms with Gasteiger partial charge in [0.2, 0.25) is 0 Å². The number of amides is 1. The van der Waals surface area contributed by atoms with Crippen molar-refractivity contribution in [2.75, 3.05) is 12.5 Å². The van der Waals surface area contributed by atoms with Gasteiger partial charge in [0.15, 0.2) is 0 Å². The Labute approximate surface area is 150 Å². The molecule has 2 N–H and O–H groups in total. The second-order valence-electron chi connectivity index (χ2n) is 6.89. The first kappa shape index (κ1) is 18.8. The molecule has 0 aliphatic heterocycles. The molecule has 0 bridgehead atoms. The van der Waals surface area contributed by atoms with Crippen LogP contribution < -0.4 is 10.9 Å². The molecule has 0 saturated heterocycles. The van der Waals surface area contributed by atoms with Crippen molar-refractivity contribution in [1.29, 1.82) is 0 Å². The highest BCUT2D eigenvalue weighted by molar-refractivity contribution is 5.68. The van der Waals surface area contributed by atoms with Crippen LogP contribution in [0.4, 0.5) is 10.5 Å². The molecular formula is C20H27N3O2.